The topological polar surface area (TPSA) is 75.6 Å². The Morgan fingerprint density at radius 2 is 1.15 bits per heavy atom. The summed E-state index contributed by atoms with van der Waals surface area (Å²) in [7, 11) is 0. The molecule has 0 amide bonds. The van der Waals surface area contributed by atoms with E-state index in [1.807, 2.05) is 36.4 Å². The molecular weight excluding hydrogens is 673 g/mol. The third-order valence-corrected chi connectivity index (χ3v) is 12.0. The molecule has 2 aliphatic rings. The number of benzene rings is 7. The highest BCUT2D eigenvalue weighted by molar-refractivity contribution is 6.05. The minimum atomic E-state index is -0.100. The lowest BCUT2D eigenvalue weighted by molar-refractivity contribution is 0.352. The van der Waals surface area contributed by atoms with Crippen LogP contribution in [0.25, 0.3) is 89.1 Å². The molecule has 0 N–H and O–H groups in total. The molecule has 2 heterocycles. The first-order valence-corrected chi connectivity index (χ1v) is 19.1. The standard InChI is InChI=1S/C50H34N4O/c51-30-38-11-8-13-42-39-23-21-35(28-43(39)50(46(38)42)25-6-1-7-26-50)32-15-18-33(19-16-32)47-52-48(36-20-17-31-9-2-3-10-34(31)27-36)54-49(53-47)37-22-24-41-40-12-4-5-14-44(40)55-45(41)29-37/h2-5,8-24,27-29H,1,6-7,25-26H2. The number of nitriles is 1. The van der Waals surface area contributed by atoms with E-state index in [2.05, 4.69) is 115 Å². The second-order valence-corrected chi connectivity index (χ2v) is 15.0. The number of nitrogens with zero attached hydrogens (tertiary/aromatic N) is 4. The fraction of sp³-hybridized carbons (Fsp3) is 0.120. The molecule has 1 spiro atoms. The van der Waals surface area contributed by atoms with Crippen molar-refractivity contribution in [1.29, 1.82) is 5.26 Å². The van der Waals surface area contributed by atoms with Gasteiger partial charge in [-0.05, 0) is 93.4 Å². The van der Waals surface area contributed by atoms with Crippen molar-refractivity contribution in [2.24, 2.45) is 0 Å². The zero-order valence-corrected chi connectivity index (χ0v) is 30.1. The first-order valence-electron chi connectivity index (χ1n) is 19.1. The van der Waals surface area contributed by atoms with Gasteiger partial charge in [0.2, 0.25) is 0 Å². The van der Waals surface area contributed by atoms with Gasteiger partial charge in [0.05, 0.1) is 11.6 Å². The van der Waals surface area contributed by atoms with Gasteiger partial charge in [-0.1, -0.05) is 128 Å². The summed E-state index contributed by atoms with van der Waals surface area (Å²) in [4.78, 5) is 15.2. The normalized spacial score (nSPS) is 14.3. The summed E-state index contributed by atoms with van der Waals surface area (Å²) in [5.41, 5.74) is 12.5. The van der Waals surface area contributed by atoms with E-state index in [0.717, 1.165) is 68.0 Å². The number of hydrogen-bond acceptors (Lipinski definition) is 5. The van der Waals surface area contributed by atoms with Crippen LogP contribution < -0.4 is 0 Å². The lowest BCUT2D eigenvalue weighted by atomic mass is 9.66. The average Bonchev–Trinajstić information content (AvgIpc) is 3.76. The van der Waals surface area contributed by atoms with Gasteiger partial charge in [0.15, 0.2) is 17.5 Å². The van der Waals surface area contributed by atoms with E-state index in [-0.39, 0.29) is 5.41 Å². The molecule has 5 heteroatoms. The molecule has 0 bridgehead atoms. The van der Waals surface area contributed by atoms with Crippen LogP contribution in [-0.2, 0) is 5.41 Å². The van der Waals surface area contributed by atoms with Gasteiger partial charge in [-0.25, -0.2) is 15.0 Å². The summed E-state index contributed by atoms with van der Waals surface area (Å²) in [5, 5.41) is 14.6. The van der Waals surface area contributed by atoms with Gasteiger partial charge < -0.3 is 4.42 Å². The van der Waals surface area contributed by atoms with E-state index in [1.54, 1.807) is 0 Å². The Morgan fingerprint density at radius 1 is 0.491 bits per heavy atom. The van der Waals surface area contributed by atoms with Crippen LogP contribution in [0.15, 0.2) is 150 Å². The van der Waals surface area contributed by atoms with Gasteiger partial charge in [0, 0.05) is 32.9 Å². The summed E-state index contributed by atoms with van der Waals surface area (Å²) in [6.45, 7) is 0. The van der Waals surface area contributed by atoms with Crippen molar-refractivity contribution in [1.82, 2.24) is 15.0 Å². The molecule has 0 saturated heterocycles. The molecule has 2 aliphatic carbocycles. The van der Waals surface area contributed by atoms with Gasteiger partial charge in [-0.15, -0.1) is 0 Å². The van der Waals surface area contributed by atoms with Gasteiger partial charge in [-0.2, -0.15) is 5.26 Å². The van der Waals surface area contributed by atoms with Crippen LogP contribution in [-0.4, -0.2) is 15.0 Å². The van der Waals surface area contributed by atoms with Crippen molar-refractivity contribution < 1.29 is 4.42 Å². The maximum absolute atomic E-state index is 10.2. The smallest absolute Gasteiger partial charge is 0.164 e. The molecule has 260 valence electrons. The fourth-order valence-corrected chi connectivity index (χ4v) is 9.32. The van der Waals surface area contributed by atoms with Crippen LogP contribution in [0.1, 0.15) is 48.8 Å². The molecule has 0 atom stereocenters. The second-order valence-electron chi connectivity index (χ2n) is 15.0. The number of hydrogen-bond donors (Lipinski definition) is 0. The second kappa shape index (κ2) is 12.3. The van der Waals surface area contributed by atoms with Crippen LogP contribution in [0, 0.1) is 11.3 Å². The molecule has 0 aliphatic heterocycles. The molecule has 0 unspecified atom stereocenters. The Kier molecular flexibility index (Phi) is 7.09. The van der Waals surface area contributed by atoms with Crippen LogP contribution >= 0.6 is 0 Å². The predicted molar refractivity (Wildman–Crippen MR) is 220 cm³/mol. The van der Waals surface area contributed by atoms with E-state index in [9.17, 15) is 5.26 Å². The number of furan rings is 1. The van der Waals surface area contributed by atoms with Crippen LogP contribution in [0.3, 0.4) is 0 Å². The minimum Gasteiger partial charge on any atom is -0.456 e. The average molecular weight is 707 g/mol. The Balaban J connectivity index is 1.01. The van der Waals surface area contributed by atoms with Crippen molar-refractivity contribution in [2.75, 3.05) is 0 Å². The predicted octanol–water partition coefficient (Wildman–Crippen LogP) is 12.7. The molecule has 5 nitrogen and oxygen atoms in total. The first-order chi connectivity index (χ1) is 27.1. The Hall–Kier alpha value is -6.90. The van der Waals surface area contributed by atoms with E-state index in [4.69, 9.17) is 19.4 Å². The van der Waals surface area contributed by atoms with Gasteiger partial charge in [0.1, 0.15) is 11.2 Å². The summed E-state index contributed by atoms with van der Waals surface area (Å²) in [6.07, 6.45) is 5.77. The summed E-state index contributed by atoms with van der Waals surface area (Å²) in [5.74, 6) is 1.82. The van der Waals surface area contributed by atoms with Crippen molar-refractivity contribution in [2.45, 2.75) is 37.5 Å². The summed E-state index contributed by atoms with van der Waals surface area (Å²) >= 11 is 0. The van der Waals surface area contributed by atoms with E-state index in [0.29, 0.717) is 17.5 Å². The van der Waals surface area contributed by atoms with Gasteiger partial charge in [0.25, 0.3) is 0 Å². The molecule has 7 aromatic carbocycles. The fourth-order valence-electron chi connectivity index (χ4n) is 9.32. The Bertz CT molecular complexity index is 3040. The van der Waals surface area contributed by atoms with Gasteiger partial charge in [-0.3, -0.25) is 0 Å². The van der Waals surface area contributed by atoms with E-state index >= 15 is 0 Å². The Morgan fingerprint density at radius 3 is 1.96 bits per heavy atom. The molecular formula is C50H34N4O. The number of aromatic nitrogens is 3. The monoisotopic (exact) mass is 706 g/mol. The third-order valence-electron chi connectivity index (χ3n) is 12.0. The highest BCUT2D eigenvalue weighted by Crippen LogP contribution is 2.57. The summed E-state index contributed by atoms with van der Waals surface area (Å²) < 4.78 is 6.26. The Labute approximate surface area is 318 Å². The van der Waals surface area contributed by atoms with Gasteiger partial charge >= 0.3 is 0 Å². The maximum atomic E-state index is 10.2. The molecule has 0 radical (unpaired) electrons. The zero-order valence-electron chi connectivity index (χ0n) is 30.1. The molecule has 1 saturated carbocycles. The number of para-hydroxylation sites is 1. The number of rotatable bonds is 4. The molecule has 55 heavy (non-hydrogen) atoms. The zero-order chi connectivity index (χ0) is 36.5. The van der Waals surface area contributed by atoms with E-state index in [1.165, 1.54) is 52.5 Å². The van der Waals surface area contributed by atoms with Crippen molar-refractivity contribution in [3.05, 3.63) is 162 Å². The highest BCUT2D eigenvalue weighted by atomic mass is 16.3. The van der Waals surface area contributed by atoms with Crippen molar-refractivity contribution in [3.63, 3.8) is 0 Å². The molecule has 11 rings (SSSR count). The third kappa shape index (κ3) is 5.02. The molecule has 2 aromatic heterocycles. The molecule has 9 aromatic rings. The SMILES string of the molecule is N#Cc1cccc2c1C1(CCCCC1)c1cc(-c3ccc(-c4nc(-c5ccc6ccccc6c5)nc(-c5ccc6c(c5)oc5ccccc56)n4)cc3)ccc1-2. The van der Waals surface area contributed by atoms with Crippen molar-refractivity contribution in [3.8, 4) is 62.5 Å². The highest BCUT2D eigenvalue weighted by Gasteiger charge is 2.45. The maximum Gasteiger partial charge on any atom is 0.164 e. The number of fused-ring (bicyclic) bond motifs is 9. The lowest BCUT2D eigenvalue weighted by Crippen LogP contribution is -2.29. The van der Waals surface area contributed by atoms with Crippen molar-refractivity contribution >= 4 is 32.7 Å². The van der Waals surface area contributed by atoms with E-state index < -0.39 is 0 Å². The summed E-state index contributed by atoms with van der Waals surface area (Å²) in [6, 6.07) is 53.3. The largest absolute Gasteiger partial charge is 0.456 e. The quantitative estimate of drug-likeness (QED) is 0.182. The molecule has 1 fully saturated rings. The van der Waals surface area contributed by atoms with Crippen LogP contribution in [0.4, 0.5) is 0 Å². The van der Waals surface area contributed by atoms with Crippen LogP contribution in [0.2, 0.25) is 0 Å². The van der Waals surface area contributed by atoms with Crippen LogP contribution in [0.5, 0.6) is 0 Å². The lowest BCUT2D eigenvalue weighted by Gasteiger charge is -2.36. The first kappa shape index (κ1) is 31.6. The minimum absolute atomic E-state index is 0.100.